The van der Waals surface area contributed by atoms with Crippen LogP contribution in [0.25, 0.3) is 10.9 Å². The highest BCUT2D eigenvalue weighted by Crippen LogP contribution is 2.24. The predicted molar refractivity (Wildman–Crippen MR) is 521 cm³/mol. The highest BCUT2D eigenvalue weighted by molar-refractivity contribution is 6.03. The van der Waals surface area contributed by atoms with E-state index >= 15 is 9.59 Å². The van der Waals surface area contributed by atoms with Gasteiger partial charge in [0, 0.05) is 42.9 Å². The molecule has 3 aromatic rings. The summed E-state index contributed by atoms with van der Waals surface area (Å²) in [6, 6.07) is -13.3. The summed E-state index contributed by atoms with van der Waals surface area (Å²) in [7, 11) is 0. The van der Waals surface area contributed by atoms with Gasteiger partial charge in [-0.3, -0.25) is 101 Å². The first kappa shape index (κ1) is 121. The third-order valence-electron chi connectivity index (χ3n) is 24.2. The molecule has 2 fully saturated rings. The number of aromatic nitrogens is 1. The fourth-order valence-electron chi connectivity index (χ4n) is 15.9. The number of likely N-dealkylation sites (tertiary alicyclic amines) is 1. The van der Waals surface area contributed by atoms with Crippen LogP contribution in [0.3, 0.4) is 0 Å². The zero-order valence-electron chi connectivity index (χ0n) is 83.7. The summed E-state index contributed by atoms with van der Waals surface area (Å²) in [5, 5.41) is 96.0. The van der Waals surface area contributed by atoms with Crippen molar-refractivity contribution in [3.05, 3.63) is 65.9 Å². The summed E-state index contributed by atoms with van der Waals surface area (Å²) in [5.74, 6) is -26.8. The molecule has 1 aromatic heterocycles. The molecule has 5 rings (SSSR count). The molecule has 20 amide bonds. The van der Waals surface area contributed by atoms with Gasteiger partial charge < -0.3 is 154 Å². The van der Waals surface area contributed by atoms with Crippen LogP contribution in [-0.2, 0) is 118 Å². The molecule has 0 bridgehead atoms. The number of fused-ring (bicyclic) bond motifs is 1. The highest BCUT2D eigenvalue weighted by atomic mass is 16.4. The van der Waals surface area contributed by atoms with E-state index in [1.807, 2.05) is 5.32 Å². The number of para-hydroxylation sites is 1. The highest BCUT2D eigenvalue weighted by Gasteiger charge is 2.43. The van der Waals surface area contributed by atoms with Crippen molar-refractivity contribution >= 4 is 141 Å². The molecule has 0 spiro atoms. The number of hydrogen-bond acceptors (Lipinski definition) is 28. The van der Waals surface area contributed by atoms with E-state index in [-0.39, 0.29) is 82.8 Å². The molecule has 0 radical (unpaired) electrons. The fraction of sp³-hybridized carbons (Fsp3) is 0.617. The van der Waals surface area contributed by atoms with E-state index in [0.717, 1.165) is 13.3 Å². The Hall–Kier alpha value is -14.1. The van der Waals surface area contributed by atoms with E-state index in [1.54, 1.807) is 58.2 Å². The number of aliphatic carboxylic acids is 2. The van der Waals surface area contributed by atoms with Gasteiger partial charge in [-0.1, -0.05) is 99.6 Å². The molecular formula is C94H146N24O27. The molecule has 0 saturated carbocycles. The van der Waals surface area contributed by atoms with Gasteiger partial charge >= 0.3 is 11.9 Å². The number of carboxylic acid groups (broad SMARTS) is 2. The number of aliphatic hydroxyl groups is 2. The van der Waals surface area contributed by atoms with Gasteiger partial charge in [-0.05, 0) is 163 Å². The van der Waals surface area contributed by atoms with Crippen LogP contribution in [0.15, 0.2) is 54.7 Å². The minimum atomic E-state index is -1.99. The second kappa shape index (κ2) is 59.9. The number of nitrogens with zero attached hydrogens (tertiary/aromatic N) is 1. The number of carbonyl (C=O) groups is 22. The molecule has 145 heavy (non-hydrogen) atoms. The lowest BCUT2D eigenvalue weighted by Gasteiger charge is -2.30. The maximum Gasteiger partial charge on any atom is 0.326 e. The van der Waals surface area contributed by atoms with Gasteiger partial charge in [-0.25, -0.2) is 4.79 Å². The van der Waals surface area contributed by atoms with Gasteiger partial charge in [0.2, 0.25) is 118 Å². The van der Waals surface area contributed by atoms with Crippen LogP contribution >= 0.6 is 0 Å². The summed E-state index contributed by atoms with van der Waals surface area (Å²) < 4.78 is 0. The Kier molecular flexibility index (Phi) is 50.1. The van der Waals surface area contributed by atoms with Crippen LogP contribution in [0.1, 0.15) is 184 Å². The number of aliphatic hydroxyl groups excluding tert-OH is 2. The van der Waals surface area contributed by atoms with Crippen molar-refractivity contribution in [2.45, 2.75) is 295 Å². The molecule has 2 aliphatic rings. The maximum atomic E-state index is 15.2. The molecule has 3 heterocycles. The van der Waals surface area contributed by atoms with Crippen molar-refractivity contribution in [3.63, 3.8) is 0 Å². The number of hydrogen-bond donors (Lipinski definition) is 28. The largest absolute Gasteiger partial charge is 0.508 e. The fourth-order valence-corrected chi connectivity index (χ4v) is 15.9. The first-order valence-corrected chi connectivity index (χ1v) is 48.5. The van der Waals surface area contributed by atoms with E-state index in [1.165, 1.54) is 77.6 Å². The maximum absolute atomic E-state index is 15.2. The number of carboxylic acids is 2. The Bertz CT molecular complexity index is 5010. The summed E-state index contributed by atoms with van der Waals surface area (Å²) >= 11 is 0. The van der Waals surface area contributed by atoms with Crippen LogP contribution in [0.4, 0.5) is 0 Å². The second-order valence-corrected chi connectivity index (χ2v) is 37.8. The van der Waals surface area contributed by atoms with Gasteiger partial charge in [0.15, 0.2) is 0 Å². The SMILES string of the molecule is CC(C)[C@H](NC(=O)CNC(=O)[C@H](CCC(N)=O)NC(=O)[C@H](CCCCN)NC(=O)[C@H](Cc1c[nH]c2ccccc12)NC(=O)[C@@H](NC(=O)[C@H](Cc1ccc(O)cc1)NC(=O)[C@@H](NC(=O)[C@@H]1CCCN1C(=O)CNC(=O)[C@@H]1CCCN1)C(C)C)C(C)C)C(=O)N[C@@H](CC(=O)O)C(=O)N[C@H](C(=O)N[C@@H](CCCCN)C(=O)N[C@@H](C)C(=O)N[C@H](C(=O)N[C@H](C(=O)N[C@@H](CO)C(=O)N[C@@H](CC(N)=O)C(=O)O)[C@@H](C)O)C(C)C)C(C)C. The number of amides is 20. The zero-order chi connectivity index (χ0) is 109. The summed E-state index contributed by atoms with van der Waals surface area (Å²) in [4.78, 5) is 307. The third kappa shape index (κ3) is 39.5. The van der Waals surface area contributed by atoms with Gasteiger partial charge in [0.05, 0.1) is 44.7 Å². The van der Waals surface area contributed by atoms with Gasteiger partial charge in [-0.2, -0.15) is 0 Å². The molecule has 51 heteroatoms. The summed E-state index contributed by atoms with van der Waals surface area (Å²) in [6.45, 7) is 16.2. The Morgan fingerprint density at radius 3 is 1.37 bits per heavy atom. The van der Waals surface area contributed by atoms with E-state index in [9.17, 15) is 121 Å². The molecule has 0 unspecified atom stereocenters. The lowest BCUT2D eigenvalue weighted by molar-refractivity contribution is -0.144. The normalized spacial score (nSPS) is 16.7. The van der Waals surface area contributed by atoms with Crippen molar-refractivity contribution < 1.29 is 131 Å². The Labute approximate surface area is 838 Å². The topological polar surface area (TPSA) is 816 Å². The molecule has 0 aliphatic carbocycles. The molecule has 2 aliphatic heterocycles. The molecule has 2 aromatic carbocycles. The second-order valence-electron chi connectivity index (χ2n) is 37.8. The van der Waals surface area contributed by atoms with E-state index in [4.69, 9.17) is 22.9 Å². The van der Waals surface area contributed by atoms with Crippen molar-refractivity contribution in [2.75, 3.05) is 45.9 Å². The number of phenolic OH excluding ortho intramolecular Hbond substituents is 1. The van der Waals surface area contributed by atoms with Crippen molar-refractivity contribution in [1.82, 2.24) is 106 Å². The lowest BCUT2D eigenvalue weighted by Crippen LogP contribution is -2.62. The zero-order valence-corrected chi connectivity index (χ0v) is 83.7. The number of nitrogens with one attached hydrogen (secondary N) is 19. The number of carbonyl (C=O) groups excluding carboxylic acids is 20. The summed E-state index contributed by atoms with van der Waals surface area (Å²) in [6.07, 6.45) is -0.894. The molecule has 32 N–H and O–H groups in total. The molecule has 51 nitrogen and oxygen atoms in total. The third-order valence-corrected chi connectivity index (χ3v) is 24.2. The smallest absolute Gasteiger partial charge is 0.326 e. The predicted octanol–water partition coefficient (Wildman–Crippen LogP) is -7.46. The first-order valence-electron chi connectivity index (χ1n) is 48.5. The number of benzene rings is 2. The number of rotatable bonds is 62. The summed E-state index contributed by atoms with van der Waals surface area (Å²) in [5.41, 5.74) is 23.8. The van der Waals surface area contributed by atoms with Crippen molar-refractivity contribution in [3.8, 4) is 5.75 Å². The number of unbranched alkanes of at least 4 members (excludes halogenated alkanes) is 2. The standard InChI is InChI=1S/C94H146N24O27/c1-45(2)72(88(138)109-63(40-71(126)127)85(135)115-73(46(3)4)89(139)106-58(23-15-17-33-95)81(131)103-50(11)78(128)113-76(49(9)10)92(142)117-77(51(12)120)93(143)111-65(44-119)86(136)110-64(94(144)145)39-68(98)123)112-69(124)42-101-80(130)60(31-32-67(97)122)105-82(132)59(24-16-18-34-96)104-83(133)62(38-53-41-100-56-22-14-13-21-55(53)56)108-90(140)74(47(5)6)114-84(134)61(37-52-27-29-54(121)30-28-52)107-91(141)75(48(7)8)116-87(137)66-26-20-36-118(66)70(125)43-102-79(129)57-25-19-35-99-57/h13-14,21-22,27-30,41,45-51,57-66,72-77,99-100,119-121H,15-20,23-26,31-40,42-44,95-96H2,1-12H3,(H2,97,122)(H2,98,123)(H,101,130)(H,102,129)(H,103,131)(H,104,133)(H,105,132)(H,106,139)(H,107,141)(H,108,140)(H,109,138)(H,110,136)(H,111,143)(H,112,124)(H,113,128)(H,114,134)(H,115,135)(H,116,137)(H,117,142)(H,126,127)(H,144,145)/t50-,51+,57-,58-,59-,60-,61-,62-,63-,64-,65-,66-,72-,73-,74-,75-,76-,77-/m0/s1. The monoisotopic (exact) mass is 2040 g/mol. The van der Waals surface area contributed by atoms with E-state index in [0.29, 0.717) is 54.3 Å². The number of aromatic amines is 1. The Balaban J connectivity index is 1.30. The number of aromatic hydroxyl groups is 1. The van der Waals surface area contributed by atoms with Crippen LogP contribution in [-0.4, -0.2) is 320 Å². The minimum absolute atomic E-state index is 0.113. The first-order chi connectivity index (χ1) is 68.3. The Morgan fingerprint density at radius 2 is 0.862 bits per heavy atom. The van der Waals surface area contributed by atoms with Gasteiger partial charge in [0.25, 0.3) is 0 Å². The average molecular weight is 2040 g/mol. The van der Waals surface area contributed by atoms with Crippen molar-refractivity contribution in [1.29, 1.82) is 0 Å². The van der Waals surface area contributed by atoms with E-state index in [2.05, 4.69) is 95.4 Å². The van der Waals surface area contributed by atoms with Crippen LogP contribution in [0, 0.1) is 29.6 Å². The molecule has 18 atom stereocenters. The average Bonchev–Trinajstić information content (AvgIpc) is 1.70. The quantitative estimate of drug-likeness (QED) is 0.0233. The molecule has 2 saturated heterocycles. The number of H-pyrrole nitrogens is 1. The van der Waals surface area contributed by atoms with Crippen LogP contribution in [0.2, 0.25) is 0 Å². The Morgan fingerprint density at radius 1 is 0.421 bits per heavy atom. The number of nitrogens with two attached hydrogens (primary N) is 4. The number of phenols is 1. The van der Waals surface area contributed by atoms with Crippen molar-refractivity contribution in [2.24, 2.45) is 52.5 Å². The van der Waals surface area contributed by atoms with E-state index < -0.39 is 301 Å². The van der Waals surface area contributed by atoms with Gasteiger partial charge in [0.1, 0.15) is 102 Å². The van der Waals surface area contributed by atoms with Gasteiger partial charge in [-0.15, -0.1) is 0 Å². The van der Waals surface area contributed by atoms with Crippen LogP contribution in [0.5, 0.6) is 5.75 Å². The lowest BCUT2D eigenvalue weighted by atomic mass is 9.98. The minimum Gasteiger partial charge on any atom is -0.508 e. The van der Waals surface area contributed by atoms with Crippen LogP contribution < -0.4 is 119 Å². The number of primary amides is 2. The molecular weight excluding hydrogens is 1900 g/mol. The molecule has 804 valence electrons.